The molecule has 0 radical (unpaired) electrons. The summed E-state index contributed by atoms with van der Waals surface area (Å²) in [5.41, 5.74) is 0. The molecule has 0 bridgehead atoms. The number of alkyl halides is 5. The van der Waals surface area contributed by atoms with E-state index >= 15 is 0 Å². The zero-order valence-corrected chi connectivity index (χ0v) is 8.00. The molecule has 0 aliphatic heterocycles. The van der Waals surface area contributed by atoms with Crippen LogP contribution in [0, 0.1) is 16.5 Å². The highest BCUT2D eigenvalue weighted by atomic mass is 32.2. The van der Waals surface area contributed by atoms with Crippen molar-refractivity contribution < 1.29 is 22.0 Å². The van der Waals surface area contributed by atoms with Gasteiger partial charge in [0.1, 0.15) is 0 Å². The summed E-state index contributed by atoms with van der Waals surface area (Å²) in [6.45, 7) is 6.25. The van der Waals surface area contributed by atoms with Crippen molar-refractivity contribution in [1.29, 1.82) is 0 Å². The van der Waals surface area contributed by atoms with E-state index in [1.165, 1.54) is 0 Å². The predicted molar refractivity (Wildman–Crippen MR) is 46.3 cm³/mol. The second-order valence-electron chi connectivity index (χ2n) is 2.15. The van der Waals surface area contributed by atoms with Gasteiger partial charge in [-0.25, -0.2) is 6.57 Å². The van der Waals surface area contributed by atoms with Crippen molar-refractivity contribution in [2.75, 3.05) is 11.6 Å². The van der Waals surface area contributed by atoms with Gasteiger partial charge >= 0.3 is 12.1 Å². The first-order valence-corrected chi connectivity index (χ1v) is 4.49. The lowest BCUT2D eigenvalue weighted by Gasteiger charge is -2.18. The van der Waals surface area contributed by atoms with Crippen LogP contribution >= 0.6 is 11.8 Å². The van der Waals surface area contributed by atoms with Crippen molar-refractivity contribution in [3.8, 4) is 0 Å². The highest BCUT2D eigenvalue weighted by Crippen LogP contribution is 2.38. The standard InChI is InChI=1S/C6H6F5NS.O2/c1-12-4-13-3-2-5(7,8)6(9,10)11;1-2/h2-4H2;. The van der Waals surface area contributed by atoms with Crippen LogP contribution in [0.5, 0.6) is 0 Å². The molecule has 3 nitrogen and oxygen atoms in total. The third kappa shape index (κ3) is 7.07. The van der Waals surface area contributed by atoms with E-state index in [1.54, 1.807) is 0 Å². The van der Waals surface area contributed by atoms with Crippen molar-refractivity contribution in [2.24, 2.45) is 0 Å². The molecule has 0 aliphatic rings. The first-order valence-electron chi connectivity index (χ1n) is 3.33. The highest BCUT2D eigenvalue weighted by molar-refractivity contribution is 7.99. The minimum Gasteiger partial charge on any atom is -0.305 e. The molecule has 0 saturated carbocycles. The molecule has 0 aromatic rings. The number of rotatable bonds is 4. The quantitative estimate of drug-likeness (QED) is 0.437. The fourth-order valence-corrected chi connectivity index (χ4v) is 1.07. The van der Waals surface area contributed by atoms with E-state index in [0.717, 1.165) is 11.8 Å². The summed E-state index contributed by atoms with van der Waals surface area (Å²) in [4.78, 5) is 16.8. The summed E-state index contributed by atoms with van der Waals surface area (Å²) in [7, 11) is 0. The van der Waals surface area contributed by atoms with Gasteiger partial charge in [0.25, 0.3) is 5.88 Å². The second kappa shape index (κ2) is 7.39. The third-order valence-electron chi connectivity index (χ3n) is 1.13. The third-order valence-corrected chi connectivity index (χ3v) is 1.94. The van der Waals surface area contributed by atoms with Crippen LogP contribution in [-0.2, 0) is 0 Å². The molecular weight excluding hydrogens is 245 g/mol. The summed E-state index contributed by atoms with van der Waals surface area (Å²) >= 11 is 0.762. The van der Waals surface area contributed by atoms with Gasteiger partial charge in [0, 0.05) is 22.1 Å². The fourth-order valence-electron chi connectivity index (χ4n) is 0.452. The van der Waals surface area contributed by atoms with Crippen LogP contribution in [0.3, 0.4) is 0 Å². The van der Waals surface area contributed by atoms with Gasteiger partial charge in [-0.1, -0.05) is 11.8 Å². The SMILES string of the molecule is O=O.[C-]#[N+]CSCCC(F)(F)C(F)(F)F. The zero-order chi connectivity index (χ0) is 12.5. The summed E-state index contributed by atoms with van der Waals surface area (Å²) in [5.74, 6) is -5.09. The Labute approximate surface area is 86.1 Å². The number of hydrogen-bond acceptors (Lipinski definition) is 3. The lowest BCUT2D eigenvalue weighted by molar-refractivity contribution is -0.282. The molecule has 0 atom stereocenters. The molecule has 0 saturated heterocycles. The van der Waals surface area contributed by atoms with Gasteiger partial charge in [-0.05, 0) is 0 Å². The molecule has 0 heterocycles. The second-order valence-corrected chi connectivity index (χ2v) is 3.22. The topological polar surface area (TPSA) is 38.5 Å². The molecule has 0 rings (SSSR count). The zero-order valence-electron chi connectivity index (χ0n) is 7.18. The summed E-state index contributed by atoms with van der Waals surface area (Å²) < 4.78 is 58.9. The van der Waals surface area contributed by atoms with E-state index in [4.69, 9.17) is 16.5 Å². The largest absolute Gasteiger partial charge is 0.453 e. The first kappa shape index (κ1) is 16.5. The molecule has 88 valence electrons. The monoisotopic (exact) mass is 251 g/mol. The van der Waals surface area contributed by atoms with Crippen molar-refractivity contribution in [3.63, 3.8) is 0 Å². The van der Waals surface area contributed by atoms with E-state index in [2.05, 4.69) is 4.85 Å². The van der Waals surface area contributed by atoms with E-state index in [0.29, 0.717) is 0 Å². The van der Waals surface area contributed by atoms with Crippen LogP contribution in [0.4, 0.5) is 22.0 Å². The van der Waals surface area contributed by atoms with Crippen molar-refractivity contribution in [3.05, 3.63) is 21.3 Å². The average Bonchev–Trinajstić information content (AvgIpc) is 2.14. The Bertz CT molecular complexity index is 215. The lowest BCUT2D eigenvalue weighted by atomic mass is 10.2. The maximum absolute atomic E-state index is 12.1. The van der Waals surface area contributed by atoms with Gasteiger partial charge in [-0.3, -0.25) is 0 Å². The highest BCUT2D eigenvalue weighted by Gasteiger charge is 2.56. The molecule has 0 spiro atoms. The molecule has 0 aromatic heterocycles. The molecule has 15 heavy (non-hydrogen) atoms. The molecule has 0 aliphatic carbocycles. The van der Waals surface area contributed by atoms with Gasteiger partial charge in [0.05, 0.1) is 0 Å². The van der Waals surface area contributed by atoms with Gasteiger partial charge in [-0.2, -0.15) is 22.0 Å². The predicted octanol–water partition coefficient (Wildman–Crippen LogP) is 3.25. The summed E-state index contributed by atoms with van der Waals surface area (Å²) in [6, 6.07) is 0. The average molecular weight is 251 g/mol. The first-order chi connectivity index (χ1) is 6.81. The van der Waals surface area contributed by atoms with E-state index in [9.17, 15) is 22.0 Å². The Morgan fingerprint density at radius 1 is 1.13 bits per heavy atom. The van der Waals surface area contributed by atoms with Crippen LogP contribution in [0.15, 0.2) is 0 Å². The van der Waals surface area contributed by atoms with Crippen molar-refractivity contribution in [2.45, 2.75) is 18.5 Å². The Morgan fingerprint density at radius 2 is 1.60 bits per heavy atom. The molecule has 0 unspecified atom stereocenters. The molecular formula is C6H6F5NO2S. The molecule has 0 N–H and O–H groups in total. The minimum absolute atomic E-state index is 0.0893. The van der Waals surface area contributed by atoms with Crippen LogP contribution in [0.1, 0.15) is 6.42 Å². The van der Waals surface area contributed by atoms with Crippen LogP contribution in [-0.4, -0.2) is 23.7 Å². The van der Waals surface area contributed by atoms with Crippen LogP contribution in [0.25, 0.3) is 4.85 Å². The van der Waals surface area contributed by atoms with E-state index in [-0.39, 0.29) is 11.6 Å². The normalized spacial score (nSPS) is 11.2. The van der Waals surface area contributed by atoms with Gasteiger partial charge < -0.3 is 4.85 Å². The number of thioether (sulfide) groups is 1. The summed E-state index contributed by atoms with van der Waals surface area (Å²) in [6.07, 6.45) is -6.75. The number of nitrogens with zero attached hydrogens (tertiary/aromatic N) is 1. The number of halogens is 5. The molecule has 9 heteroatoms. The van der Waals surface area contributed by atoms with Gasteiger partial charge in [0.15, 0.2) is 0 Å². The molecule has 0 amide bonds. The van der Waals surface area contributed by atoms with Crippen molar-refractivity contribution in [1.82, 2.24) is 0 Å². The Kier molecular flexibility index (Phi) is 8.14. The Morgan fingerprint density at radius 3 is 1.93 bits per heavy atom. The van der Waals surface area contributed by atoms with E-state index in [1.807, 2.05) is 0 Å². The molecule has 0 fully saturated rings. The lowest BCUT2D eigenvalue weighted by Crippen LogP contribution is -2.36. The maximum atomic E-state index is 12.1. The minimum atomic E-state index is -5.48. The maximum Gasteiger partial charge on any atom is 0.453 e. The fraction of sp³-hybridized carbons (Fsp3) is 0.833. The van der Waals surface area contributed by atoms with Crippen LogP contribution in [0.2, 0.25) is 0 Å². The smallest absolute Gasteiger partial charge is 0.305 e. The Balaban J connectivity index is 0. The Hall–Kier alpha value is -0.910. The van der Waals surface area contributed by atoms with Gasteiger partial charge in [-0.15, -0.1) is 0 Å². The van der Waals surface area contributed by atoms with Crippen molar-refractivity contribution >= 4 is 11.8 Å². The molecule has 0 aromatic carbocycles. The van der Waals surface area contributed by atoms with E-state index < -0.39 is 18.5 Å². The summed E-state index contributed by atoms with van der Waals surface area (Å²) in [5, 5.41) is 0. The van der Waals surface area contributed by atoms with Gasteiger partial charge in [0.2, 0.25) is 0 Å². The number of hydrogen-bond donors (Lipinski definition) is 0. The van der Waals surface area contributed by atoms with Crippen LogP contribution < -0.4 is 0 Å².